The Labute approximate surface area is 133 Å². The van der Waals surface area contributed by atoms with E-state index in [0.717, 1.165) is 16.9 Å². The van der Waals surface area contributed by atoms with Gasteiger partial charge in [0, 0.05) is 5.56 Å². The Hall–Kier alpha value is -1.27. The first kappa shape index (κ1) is 15.1. The van der Waals surface area contributed by atoms with E-state index in [-0.39, 0.29) is 0 Å². The number of hydrogen-bond acceptors (Lipinski definition) is 3. The van der Waals surface area contributed by atoms with Crippen LogP contribution in [-0.4, -0.2) is 24.7 Å². The number of halogens is 2. The summed E-state index contributed by atoms with van der Waals surface area (Å²) in [6, 6.07) is 7.60. The highest BCUT2D eigenvalue weighted by molar-refractivity contribution is 9.11. The van der Waals surface area contributed by atoms with E-state index in [1.807, 2.05) is 24.3 Å². The number of methoxy groups -OCH3 is 1. The number of carbonyl (C=O) groups excluding carboxylic acids is 1. The van der Waals surface area contributed by atoms with Crippen LogP contribution in [0.25, 0.3) is 11.1 Å². The number of aromatic nitrogens is 1. The largest absolute Gasteiger partial charge is 0.497 e. The van der Waals surface area contributed by atoms with Crippen molar-refractivity contribution in [3.8, 4) is 16.9 Å². The third-order valence-electron chi connectivity index (χ3n) is 2.73. The first-order chi connectivity index (χ1) is 9.58. The van der Waals surface area contributed by atoms with E-state index in [2.05, 4.69) is 36.8 Å². The molecule has 1 heterocycles. The number of benzene rings is 1. The number of hydrogen-bond donors (Lipinski definition) is 1. The van der Waals surface area contributed by atoms with Crippen molar-refractivity contribution in [2.75, 3.05) is 13.7 Å². The SMILES string of the molecule is CCOC(=O)c1[nH]c(Br)c(-c2cccc(OC)c2)c1Br. The van der Waals surface area contributed by atoms with Crippen molar-refractivity contribution in [3.05, 3.63) is 39.0 Å². The Morgan fingerprint density at radius 3 is 2.75 bits per heavy atom. The van der Waals surface area contributed by atoms with Crippen molar-refractivity contribution in [1.82, 2.24) is 4.98 Å². The van der Waals surface area contributed by atoms with E-state index in [4.69, 9.17) is 9.47 Å². The number of nitrogens with one attached hydrogen (secondary N) is 1. The molecule has 0 unspecified atom stereocenters. The fourth-order valence-corrected chi connectivity index (χ4v) is 3.40. The normalized spacial score (nSPS) is 10.4. The summed E-state index contributed by atoms with van der Waals surface area (Å²) in [7, 11) is 1.62. The number of carbonyl (C=O) groups is 1. The third-order valence-corrected chi connectivity index (χ3v) is 4.12. The van der Waals surface area contributed by atoms with Crippen LogP contribution < -0.4 is 4.74 Å². The minimum Gasteiger partial charge on any atom is -0.497 e. The van der Waals surface area contributed by atoms with Gasteiger partial charge in [0.05, 0.1) is 22.8 Å². The van der Waals surface area contributed by atoms with Gasteiger partial charge in [-0.1, -0.05) is 12.1 Å². The van der Waals surface area contributed by atoms with Crippen LogP contribution in [0.1, 0.15) is 17.4 Å². The Kier molecular flexibility index (Phi) is 4.88. The average molecular weight is 403 g/mol. The summed E-state index contributed by atoms with van der Waals surface area (Å²) < 4.78 is 11.6. The number of esters is 1. The first-order valence-electron chi connectivity index (χ1n) is 5.97. The molecule has 4 nitrogen and oxygen atoms in total. The maximum absolute atomic E-state index is 11.9. The van der Waals surface area contributed by atoms with Crippen LogP contribution in [0.2, 0.25) is 0 Å². The lowest BCUT2D eigenvalue weighted by molar-refractivity contribution is 0.0519. The van der Waals surface area contributed by atoms with Gasteiger partial charge >= 0.3 is 5.97 Å². The van der Waals surface area contributed by atoms with E-state index in [1.54, 1.807) is 14.0 Å². The summed E-state index contributed by atoms with van der Waals surface area (Å²) in [4.78, 5) is 14.8. The number of H-pyrrole nitrogens is 1. The molecule has 106 valence electrons. The van der Waals surface area contributed by atoms with Crippen molar-refractivity contribution in [1.29, 1.82) is 0 Å². The fraction of sp³-hybridized carbons (Fsp3) is 0.214. The molecule has 1 aromatic carbocycles. The van der Waals surface area contributed by atoms with Crippen molar-refractivity contribution in [2.45, 2.75) is 6.92 Å². The second-order valence-electron chi connectivity index (χ2n) is 3.96. The molecule has 20 heavy (non-hydrogen) atoms. The lowest BCUT2D eigenvalue weighted by Gasteiger charge is -2.04. The molecule has 0 atom stereocenters. The molecule has 2 rings (SSSR count). The number of rotatable bonds is 4. The predicted octanol–water partition coefficient (Wildman–Crippen LogP) is 4.39. The van der Waals surface area contributed by atoms with Crippen LogP contribution in [0.3, 0.4) is 0 Å². The van der Waals surface area contributed by atoms with Crippen molar-refractivity contribution in [2.24, 2.45) is 0 Å². The van der Waals surface area contributed by atoms with E-state index in [9.17, 15) is 4.79 Å². The quantitative estimate of drug-likeness (QED) is 0.771. The maximum Gasteiger partial charge on any atom is 0.355 e. The van der Waals surface area contributed by atoms with Gasteiger partial charge < -0.3 is 14.5 Å². The van der Waals surface area contributed by atoms with Crippen LogP contribution in [0.15, 0.2) is 33.3 Å². The second-order valence-corrected chi connectivity index (χ2v) is 5.54. The molecule has 6 heteroatoms. The molecule has 2 aromatic rings. The smallest absolute Gasteiger partial charge is 0.355 e. The number of ether oxygens (including phenoxy) is 2. The standard InChI is InChI=1S/C14H13Br2NO3/c1-3-20-14(18)12-11(15)10(13(16)17-12)8-5-4-6-9(7-8)19-2/h4-7,17H,3H2,1-2H3. The molecule has 0 bridgehead atoms. The summed E-state index contributed by atoms with van der Waals surface area (Å²) in [6.45, 7) is 2.10. The summed E-state index contributed by atoms with van der Waals surface area (Å²) in [5.74, 6) is 0.356. The molecule has 0 saturated heterocycles. The van der Waals surface area contributed by atoms with E-state index in [1.165, 1.54) is 0 Å². The Morgan fingerprint density at radius 2 is 2.10 bits per heavy atom. The third kappa shape index (κ3) is 2.91. The minimum atomic E-state index is -0.394. The zero-order valence-electron chi connectivity index (χ0n) is 11.0. The molecule has 0 fully saturated rings. The van der Waals surface area contributed by atoms with E-state index < -0.39 is 5.97 Å². The molecule has 0 spiro atoms. The Balaban J connectivity index is 2.49. The summed E-state index contributed by atoms with van der Waals surface area (Å²) in [5, 5.41) is 0. The zero-order chi connectivity index (χ0) is 14.7. The Bertz CT molecular complexity index is 637. The zero-order valence-corrected chi connectivity index (χ0v) is 14.2. The second kappa shape index (κ2) is 6.45. The highest BCUT2D eigenvalue weighted by atomic mass is 79.9. The molecule has 0 amide bonds. The van der Waals surface area contributed by atoms with Crippen LogP contribution in [0, 0.1) is 0 Å². The maximum atomic E-state index is 11.9. The lowest BCUT2D eigenvalue weighted by atomic mass is 10.1. The molecule has 0 aliphatic carbocycles. The van der Waals surface area contributed by atoms with Gasteiger partial charge in [-0.05, 0) is 56.5 Å². The topological polar surface area (TPSA) is 51.3 Å². The summed E-state index contributed by atoms with van der Waals surface area (Å²) in [6.07, 6.45) is 0. The van der Waals surface area contributed by atoms with Gasteiger partial charge in [-0.3, -0.25) is 0 Å². The Morgan fingerprint density at radius 1 is 1.35 bits per heavy atom. The van der Waals surface area contributed by atoms with Crippen LogP contribution in [-0.2, 0) is 4.74 Å². The molecule has 0 aliphatic heterocycles. The predicted molar refractivity (Wildman–Crippen MR) is 84.1 cm³/mol. The molecule has 0 aliphatic rings. The fourth-order valence-electron chi connectivity index (χ4n) is 1.82. The monoisotopic (exact) mass is 401 g/mol. The van der Waals surface area contributed by atoms with Gasteiger partial charge in [-0.15, -0.1) is 0 Å². The van der Waals surface area contributed by atoms with Crippen LogP contribution in [0.5, 0.6) is 5.75 Å². The summed E-state index contributed by atoms with van der Waals surface area (Å²) in [5.41, 5.74) is 2.17. The van der Waals surface area contributed by atoms with Gasteiger partial charge in [-0.25, -0.2) is 4.79 Å². The van der Waals surface area contributed by atoms with Crippen LogP contribution >= 0.6 is 31.9 Å². The van der Waals surface area contributed by atoms with Crippen LogP contribution in [0.4, 0.5) is 0 Å². The molecule has 0 saturated carbocycles. The van der Waals surface area contributed by atoms with Gasteiger partial charge in [0.15, 0.2) is 0 Å². The first-order valence-corrected chi connectivity index (χ1v) is 7.55. The highest BCUT2D eigenvalue weighted by Gasteiger charge is 2.21. The lowest BCUT2D eigenvalue weighted by Crippen LogP contribution is -2.05. The van der Waals surface area contributed by atoms with Gasteiger partial charge in [0.25, 0.3) is 0 Å². The van der Waals surface area contributed by atoms with Crippen molar-refractivity contribution < 1.29 is 14.3 Å². The van der Waals surface area contributed by atoms with Gasteiger partial charge in [0.2, 0.25) is 0 Å². The molecule has 0 radical (unpaired) electrons. The van der Waals surface area contributed by atoms with Gasteiger partial charge in [0.1, 0.15) is 11.4 Å². The van der Waals surface area contributed by atoms with E-state index >= 15 is 0 Å². The molecule has 1 aromatic heterocycles. The minimum absolute atomic E-state index is 0.330. The van der Waals surface area contributed by atoms with Gasteiger partial charge in [-0.2, -0.15) is 0 Å². The molecular formula is C14H13Br2NO3. The van der Waals surface area contributed by atoms with Crippen molar-refractivity contribution in [3.63, 3.8) is 0 Å². The summed E-state index contributed by atoms with van der Waals surface area (Å²) >= 11 is 6.89. The molecular weight excluding hydrogens is 390 g/mol. The molecule has 1 N–H and O–H groups in total. The van der Waals surface area contributed by atoms with Crippen molar-refractivity contribution >= 4 is 37.8 Å². The average Bonchev–Trinajstić information content (AvgIpc) is 2.74. The van der Waals surface area contributed by atoms with E-state index in [0.29, 0.717) is 21.4 Å². The highest BCUT2D eigenvalue weighted by Crippen LogP contribution is 2.38. The number of aromatic amines is 1.